The van der Waals surface area contributed by atoms with Gasteiger partial charge in [-0.1, -0.05) is 0 Å². The highest BCUT2D eigenvalue weighted by Crippen LogP contribution is 2.43. The van der Waals surface area contributed by atoms with Gasteiger partial charge in [0.1, 0.15) is 6.29 Å². The molecule has 1 atom stereocenters. The summed E-state index contributed by atoms with van der Waals surface area (Å²) in [6.07, 6.45) is 5.89. The van der Waals surface area contributed by atoms with Gasteiger partial charge in [-0.25, -0.2) is 0 Å². The minimum Gasteiger partial charge on any atom is -0.302 e. The lowest BCUT2D eigenvalue weighted by molar-refractivity contribution is -0.109. The topological polar surface area (TPSA) is 29.1 Å². The Labute approximate surface area is 54.6 Å². The molecule has 0 amide bonds. The molecule has 1 unspecified atom stereocenters. The number of aldehydes is 1. The molecule has 1 N–H and O–H groups in total. The standard InChI is InChI=1S/C7H11NO/c9-5-6-1-2-7(8-6)3-4-7/h5-6,8H,1-4H2. The summed E-state index contributed by atoms with van der Waals surface area (Å²) in [5, 5.41) is 3.32. The van der Waals surface area contributed by atoms with Crippen molar-refractivity contribution in [3.8, 4) is 0 Å². The lowest BCUT2D eigenvalue weighted by atomic mass is 10.2. The maximum absolute atomic E-state index is 10.3. The molecular weight excluding hydrogens is 114 g/mol. The molecule has 0 bridgehead atoms. The van der Waals surface area contributed by atoms with Gasteiger partial charge in [-0.05, 0) is 25.7 Å². The molecule has 2 fully saturated rings. The highest BCUT2D eigenvalue weighted by atomic mass is 16.1. The van der Waals surface area contributed by atoms with Crippen LogP contribution in [0.3, 0.4) is 0 Å². The second-order valence-electron chi connectivity index (χ2n) is 3.21. The SMILES string of the molecule is O=CC1CCC2(CC2)N1. The highest BCUT2D eigenvalue weighted by Gasteiger charge is 2.47. The molecule has 1 spiro atoms. The largest absolute Gasteiger partial charge is 0.302 e. The summed E-state index contributed by atoms with van der Waals surface area (Å²) in [7, 11) is 0. The number of carbonyl (C=O) groups is 1. The smallest absolute Gasteiger partial charge is 0.136 e. The fourth-order valence-corrected chi connectivity index (χ4v) is 1.62. The molecular formula is C7H11NO. The zero-order valence-corrected chi connectivity index (χ0v) is 5.39. The second-order valence-corrected chi connectivity index (χ2v) is 3.21. The summed E-state index contributed by atoms with van der Waals surface area (Å²) in [5.74, 6) is 0. The van der Waals surface area contributed by atoms with E-state index in [1.165, 1.54) is 19.3 Å². The van der Waals surface area contributed by atoms with E-state index >= 15 is 0 Å². The van der Waals surface area contributed by atoms with Crippen molar-refractivity contribution >= 4 is 6.29 Å². The zero-order chi connectivity index (χ0) is 6.32. The molecule has 0 aromatic rings. The Morgan fingerprint density at radius 3 is 2.56 bits per heavy atom. The average molecular weight is 125 g/mol. The molecule has 0 radical (unpaired) electrons. The van der Waals surface area contributed by atoms with Gasteiger partial charge in [-0.2, -0.15) is 0 Å². The van der Waals surface area contributed by atoms with Gasteiger partial charge in [-0.3, -0.25) is 0 Å². The Morgan fingerprint density at radius 2 is 2.22 bits per heavy atom. The first-order valence-electron chi connectivity index (χ1n) is 3.58. The van der Waals surface area contributed by atoms with Crippen molar-refractivity contribution in [2.45, 2.75) is 37.3 Å². The fourth-order valence-electron chi connectivity index (χ4n) is 1.62. The van der Waals surface area contributed by atoms with E-state index < -0.39 is 0 Å². The molecule has 1 saturated heterocycles. The first kappa shape index (κ1) is 5.42. The highest BCUT2D eigenvalue weighted by molar-refractivity contribution is 5.58. The van der Waals surface area contributed by atoms with E-state index in [1.54, 1.807) is 0 Å². The predicted molar refractivity (Wildman–Crippen MR) is 34.2 cm³/mol. The molecule has 2 aliphatic rings. The van der Waals surface area contributed by atoms with E-state index in [0.717, 1.165) is 12.7 Å². The molecule has 2 rings (SSSR count). The van der Waals surface area contributed by atoms with Crippen LogP contribution in [0.2, 0.25) is 0 Å². The molecule has 1 heterocycles. The Balaban J connectivity index is 2.00. The van der Waals surface area contributed by atoms with Gasteiger partial charge in [0.25, 0.3) is 0 Å². The quantitative estimate of drug-likeness (QED) is 0.516. The van der Waals surface area contributed by atoms with Crippen molar-refractivity contribution in [2.24, 2.45) is 0 Å². The molecule has 1 aliphatic carbocycles. The number of nitrogens with one attached hydrogen (secondary N) is 1. The summed E-state index contributed by atoms with van der Waals surface area (Å²) >= 11 is 0. The van der Waals surface area contributed by atoms with Crippen LogP contribution < -0.4 is 5.32 Å². The van der Waals surface area contributed by atoms with Crippen LogP contribution in [-0.4, -0.2) is 17.9 Å². The summed E-state index contributed by atoms with van der Waals surface area (Å²) < 4.78 is 0. The number of rotatable bonds is 1. The van der Waals surface area contributed by atoms with E-state index in [0.29, 0.717) is 5.54 Å². The molecule has 2 nitrogen and oxygen atoms in total. The summed E-state index contributed by atoms with van der Waals surface area (Å²) in [5.41, 5.74) is 0.436. The Kier molecular flexibility index (Phi) is 0.943. The van der Waals surface area contributed by atoms with E-state index in [2.05, 4.69) is 5.32 Å². The fraction of sp³-hybridized carbons (Fsp3) is 0.857. The Bertz CT molecular complexity index is 140. The first-order valence-corrected chi connectivity index (χ1v) is 3.58. The van der Waals surface area contributed by atoms with Gasteiger partial charge in [0.05, 0.1) is 6.04 Å². The lowest BCUT2D eigenvalue weighted by Crippen LogP contribution is -2.31. The molecule has 50 valence electrons. The first-order chi connectivity index (χ1) is 4.35. The summed E-state index contributed by atoms with van der Waals surface area (Å²) in [6, 6.07) is 0.174. The third-order valence-electron chi connectivity index (χ3n) is 2.44. The van der Waals surface area contributed by atoms with Crippen LogP contribution in [0.4, 0.5) is 0 Å². The van der Waals surface area contributed by atoms with Crippen LogP contribution >= 0.6 is 0 Å². The third-order valence-corrected chi connectivity index (χ3v) is 2.44. The summed E-state index contributed by atoms with van der Waals surface area (Å²) in [6.45, 7) is 0. The average Bonchev–Trinajstić information content (AvgIpc) is 2.44. The van der Waals surface area contributed by atoms with Crippen molar-refractivity contribution in [3.63, 3.8) is 0 Å². The monoisotopic (exact) mass is 125 g/mol. The zero-order valence-electron chi connectivity index (χ0n) is 5.39. The van der Waals surface area contributed by atoms with Crippen LogP contribution in [0.1, 0.15) is 25.7 Å². The lowest BCUT2D eigenvalue weighted by Gasteiger charge is -2.05. The van der Waals surface area contributed by atoms with Gasteiger partial charge < -0.3 is 10.1 Å². The molecule has 1 saturated carbocycles. The number of carbonyl (C=O) groups excluding carboxylic acids is 1. The number of hydrogen-bond donors (Lipinski definition) is 1. The third kappa shape index (κ3) is 0.778. The minimum absolute atomic E-state index is 0.174. The van der Waals surface area contributed by atoms with Crippen LogP contribution in [0.15, 0.2) is 0 Å². The molecule has 9 heavy (non-hydrogen) atoms. The Hall–Kier alpha value is -0.370. The normalized spacial score (nSPS) is 37.1. The van der Waals surface area contributed by atoms with Crippen LogP contribution in [-0.2, 0) is 4.79 Å². The minimum atomic E-state index is 0.174. The van der Waals surface area contributed by atoms with Crippen molar-refractivity contribution in [2.75, 3.05) is 0 Å². The van der Waals surface area contributed by atoms with Crippen molar-refractivity contribution in [3.05, 3.63) is 0 Å². The molecule has 2 heteroatoms. The second kappa shape index (κ2) is 1.57. The van der Waals surface area contributed by atoms with Gasteiger partial charge in [0.2, 0.25) is 0 Å². The van der Waals surface area contributed by atoms with Crippen LogP contribution in [0.5, 0.6) is 0 Å². The maximum Gasteiger partial charge on any atom is 0.136 e. The van der Waals surface area contributed by atoms with Crippen molar-refractivity contribution < 1.29 is 4.79 Å². The van der Waals surface area contributed by atoms with Gasteiger partial charge in [0, 0.05) is 5.54 Å². The van der Waals surface area contributed by atoms with Crippen molar-refractivity contribution in [1.29, 1.82) is 0 Å². The molecule has 1 aliphatic heterocycles. The summed E-state index contributed by atoms with van der Waals surface area (Å²) in [4.78, 5) is 10.3. The van der Waals surface area contributed by atoms with Crippen LogP contribution in [0.25, 0.3) is 0 Å². The van der Waals surface area contributed by atoms with Crippen LogP contribution in [0, 0.1) is 0 Å². The van der Waals surface area contributed by atoms with E-state index in [1.807, 2.05) is 0 Å². The van der Waals surface area contributed by atoms with E-state index in [4.69, 9.17) is 0 Å². The molecule has 0 aromatic carbocycles. The van der Waals surface area contributed by atoms with Gasteiger partial charge in [-0.15, -0.1) is 0 Å². The van der Waals surface area contributed by atoms with Gasteiger partial charge in [0.15, 0.2) is 0 Å². The van der Waals surface area contributed by atoms with E-state index in [-0.39, 0.29) is 6.04 Å². The maximum atomic E-state index is 10.3. The molecule has 0 aromatic heterocycles. The van der Waals surface area contributed by atoms with Gasteiger partial charge >= 0.3 is 0 Å². The Morgan fingerprint density at radius 1 is 1.44 bits per heavy atom. The number of hydrogen-bond acceptors (Lipinski definition) is 2. The van der Waals surface area contributed by atoms with E-state index in [9.17, 15) is 4.79 Å². The van der Waals surface area contributed by atoms with Crippen molar-refractivity contribution in [1.82, 2.24) is 5.32 Å². The predicted octanol–water partition coefficient (Wildman–Crippen LogP) is 0.470.